The summed E-state index contributed by atoms with van der Waals surface area (Å²) in [7, 11) is 0. The minimum atomic E-state index is -4.47. The Balaban J connectivity index is 1.63. The number of nitrogens with zero attached hydrogens (tertiary/aromatic N) is 1. The van der Waals surface area contributed by atoms with Crippen molar-refractivity contribution in [3.8, 4) is 5.88 Å². The van der Waals surface area contributed by atoms with E-state index in [0.717, 1.165) is 25.0 Å². The van der Waals surface area contributed by atoms with Crippen molar-refractivity contribution in [3.05, 3.63) is 53.7 Å². The van der Waals surface area contributed by atoms with E-state index in [0.29, 0.717) is 19.1 Å². The van der Waals surface area contributed by atoms with Crippen LogP contribution >= 0.6 is 0 Å². The zero-order valence-electron chi connectivity index (χ0n) is 13.8. The summed E-state index contributed by atoms with van der Waals surface area (Å²) >= 11 is 0. The Morgan fingerprint density at radius 2 is 1.96 bits per heavy atom. The molecular weight excluding hydrogens is 349 g/mol. The van der Waals surface area contributed by atoms with Gasteiger partial charge in [0, 0.05) is 30.8 Å². The molecule has 1 aromatic heterocycles. The molecule has 2 aromatic rings. The van der Waals surface area contributed by atoms with Gasteiger partial charge in [0.25, 0.3) is 5.91 Å². The van der Waals surface area contributed by atoms with Gasteiger partial charge in [0.05, 0.1) is 24.3 Å². The molecule has 1 amide bonds. The van der Waals surface area contributed by atoms with Crippen LogP contribution in [0, 0.1) is 0 Å². The number of carbonyl (C=O) groups excluding carboxylic acids is 1. The van der Waals surface area contributed by atoms with E-state index in [9.17, 15) is 18.0 Å². The summed E-state index contributed by atoms with van der Waals surface area (Å²) in [5.41, 5.74) is -0.539. The minimum absolute atomic E-state index is 0.0287. The normalized spacial score (nSPS) is 15.5. The van der Waals surface area contributed by atoms with E-state index in [4.69, 9.17) is 9.47 Å². The van der Waals surface area contributed by atoms with E-state index in [2.05, 4.69) is 10.3 Å². The average Bonchev–Trinajstić information content (AvgIpc) is 2.63. The van der Waals surface area contributed by atoms with Crippen LogP contribution in [0.2, 0.25) is 0 Å². The lowest BCUT2D eigenvalue weighted by atomic mass is 10.1. The number of amides is 1. The summed E-state index contributed by atoms with van der Waals surface area (Å²) in [5.74, 6) is -0.151. The summed E-state index contributed by atoms with van der Waals surface area (Å²) in [4.78, 5) is 16.3. The molecular formula is C18H17F3N2O3. The summed E-state index contributed by atoms with van der Waals surface area (Å²) in [6.07, 6.45) is -1.55. The molecule has 0 spiro atoms. The summed E-state index contributed by atoms with van der Waals surface area (Å²) in [6, 6.07) is 7.54. The molecule has 2 heterocycles. The zero-order valence-corrected chi connectivity index (χ0v) is 13.8. The number of nitrogens with one attached hydrogen (secondary N) is 1. The van der Waals surface area contributed by atoms with Crippen molar-refractivity contribution in [1.82, 2.24) is 4.98 Å². The van der Waals surface area contributed by atoms with Crippen LogP contribution in [0.3, 0.4) is 0 Å². The van der Waals surface area contributed by atoms with Crippen molar-refractivity contribution in [1.29, 1.82) is 0 Å². The fraction of sp³-hybridized carbons (Fsp3) is 0.333. The maximum absolute atomic E-state index is 12.7. The predicted molar refractivity (Wildman–Crippen MR) is 88.1 cm³/mol. The molecule has 0 saturated carbocycles. The maximum Gasteiger partial charge on any atom is 0.416 e. The first-order chi connectivity index (χ1) is 12.4. The first-order valence-electron chi connectivity index (χ1n) is 8.11. The predicted octanol–water partition coefficient (Wildman–Crippen LogP) is 3.91. The number of pyridine rings is 1. The van der Waals surface area contributed by atoms with Crippen LogP contribution in [0.5, 0.6) is 5.88 Å². The first-order valence-corrected chi connectivity index (χ1v) is 8.11. The molecule has 1 saturated heterocycles. The van der Waals surface area contributed by atoms with Gasteiger partial charge >= 0.3 is 6.18 Å². The Labute approximate surface area is 148 Å². The van der Waals surface area contributed by atoms with Gasteiger partial charge in [-0.15, -0.1) is 0 Å². The zero-order chi connectivity index (χ0) is 18.6. The lowest BCUT2D eigenvalue weighted by Crippen LogP contribution is -2.26. The monoisotopic (exact) mass is 366 g/mol. The largest absolute Gasteiger partial charge is 0.474 e. The Bertz CT molecular complexity index is 757. The van der Waals surface area contributed by atoms with Gasteiger partial charge in [-0.2, -0.15) is 13.2 Å². The van der Waals surface area contributed by atoms with Gasteiger partial charge in [-0.1, -0.05) is 6.07 Å². The number of ether oxygens (including phenoxy) is 2. The lowest BCUT2D eigenvalue weighted by Gasteiger charge is -2.22. The van der Waals surface area contributed by atoms with E-state index >= 15 is 0 Å². The molecule has 138 valence electrons. The second-order valence-corrected chi connectivity index (χ2v) is 5.85. The molecule has 1 fully saturated rings. The number of hydrogen-bond donors (Lipinski definition) is 1. The highest BCUT2D eigenvalue weighted by atomic mass is 19.4. The molecule has 3 rings (SSSR count). The van der Waals surface area contributed by atoms with E-state index < -0.39 is 17.6 Å². The third kappa shape index (κ3) is 4.72. The van der Waals surface area contributed by atoms with Gasteiger partial charge in [-0.05, 0) is 24.3 Å². The molecule has 1 aliphatic rings. The highest BCUT2D eigenvalue weighted by Gasteiger charge is 2.30. The Morgan fingerprint density at radius 1 is 1.19 bits per heavy atom. The van der Waals surface area contributed by atoms with E-state index in [-0.39, 0.29) is 17.4 Å². The third-order valence-electron chi connectivity index (χ3n) is 3.90. The molecule has 0 atom stereocenters. The molecule has 5 nitrogen and oxygen atoms in total. The van der Waals surface area contributed by atoms with Crippen LogP contribution < -0.4 is 10.1 Å². The van der Waals surface area contributed by atoms with Gasteiger partial charge in [0.15, 0.2) is 0 Å². The smallest absolute Gasteiger partial charge is 0.416 e. The molecule has 26 heavy (non-hydrogen) atoms. The Hall–Kier alpha value is -2.61. The summed E-state index contributed by atoms with van der Waals surface area (Å²) < 4.78 is 49.1. The van der Waals surface area contributed by atoms with Crippen molar-refractivity contribution < 1.29 is 27.4 Å². The molecule has 0 unspecified atom stereocenters. The highest BCUT2D eigenvalue weighted by molar-refractivity contribution is 6.04. The van der Waals surface area contributed by atoms with Crippen molar-refractivity contribution in [2.24, 2.45) is 0 Å². The quantitative estimate of drug-likeness (QED) is 0.891. The average molecular weight is 366 g/mol. The number of aromatic nitrogens is 1. The van der Waals surface area contributed by atoms with Crippen LogP contribution in [0.25, 0.3) is 0 Å². The maximum atomic E-state index is 12.7. The minimum Gasteiger partial charge on any atom is -0.474 e. The molecule has 8 heteroatoms. The van der Waals surface area contributed by atoms with Gasteiger partial charge in [0.2, 0.25) is 5.88 Å². The third-order valence-corrected chi connectivity index (χ3v) is 3.90. The van der Waals surface area contributed by atoms with Crippen LogP contribution in [-0.4, -0.2) is 30.2 Å². The Morgan fingerprint density at radius 3 is 2.62 bits per heavy atom. The number of anilines is 1. The molecule has 1 aliphatic heterocycles. The van der Waals surface area contributed by atoms with E-state index in [1.165, 1.54) is 24.4 Å². The second-order valence-electron chi connectivity index (χ2n) is 5.85. The summed E-state index contributed by atoms with van der Waals surface area (Å²) in [5, 5.41) is 2.44. The number of carbonyl (C=O) groups is 1. The van der Waals surface area contributed by atoms with Gasteiger partial charge < -0.3 is 14.8 Å². The van der Waals surface area contributed by atoms with Crippen LogP contribution in [0.1, 0.15) is 28.8 Å². The number of rotatable bonds is 4. The topological polar surface area (TPSA) is 60.5 Å². The molecule has 1 N–H and O–H groups in total. The van der Waals surface area contributed by atoms with Crippen LogP contribution in [-0.2, 0) is 10.9 Å². The fourth-order valence-corrected chi connectivity index (χ4v) is 2.53. The number of hydrogen-bond acceptors (Lipinski definition) is 4. The second kappa shape index (κ2) is 7.74. The SMILES string of the molecule is O=C(Nc1cccc(C(F)(F)F)c1)c1ccc(OC2CCOCC2)nc1. The van der Waals surface area contributed by atoms with E-state index in [1.807, 2.05) is 0 Å². The van der Waals surface area contributed by atoms with Crippen molar-refractivity contribution in [2.75, 3.05) is 18.5 Å². The number of halogens is 3. The number of alkyl halides is 3. The Kier molecular flexibility index (Phi) is 5.41. The first kappa shape index (κ1) is 18.2. The van der Waals surface area contributed by atoms with Crippen molar-refractivity contribution in [3.63, 3.8) is 0 Å². The molecule has 0 bridgehead atoms. The van der Waals surface area contributed by atoms with Crippen molar-refractivity contribution >= 4 is 11.6 Å². The van der Waals surface area contributed by atoms with Crippen molar-refractivity contribution in [2.45, 2.75) is 25.1 Å². The van der Waals surface area contributed by atoms with Gasteiger partial charge in [-0.3, -0.25) is 4.79 Å². The van der Waals surface area contributed by atoms with Crippen LogP contribution in [0.15, 0.2) is 42.6 Å². The van der Waals surface area contributed by atoms with Gasteiger partial charge in [-0.25, -0.2) is 4.98 Å². The fourth-order valence-electron chi connectivity index (χ4n) is 2.53. The highest BCUT2D eigenvalue weighted by Crippen LogP contribution is 2.30. The number of benzene rings is 1. The molecule has 0 radical (unpaired) electrons. The standard InChI is InChI=1S/C18H17F3N2O3/c19-18(20,21)13-2-1-3-14(10-13)23-17(24)12-4-5-16(22-11-12)26-15-6-8-25-9-7-15/h1-5,10-11,15H,6-9H2,(H,23,24). The van der Waals surface area contributed by atoms with E-state index in [1.54, 1.807) is 6.07 Å². The molecule has 0 aliphatic carbocycles. The lowest BCUT2D eigenvalue weighted by molar-refractivity contribution is -0.137. The van der Waals surface area contributed by atoms with Crippen LogP contribution in [0.4, 0.5) is 18.9 Å². The molecule has 1 aromatic carbocycles. The van der Waals surface area contributed by atoms with Gasteiger partial charge in [0.1, 0.15) is 6.10 Å². The summed E-state index contributed by atoms with van der Waals surface area (Å²) in [6.45, 7) is 1.28.